The second-order valence-corrected chi connectivity index (χ2v) is 447. The predicted molar refractivity (Wildman–Crippen MR) is 865 cm³/mol. The second kappa shape index (κ2) is 81.3. The van der Waals surface area contributed by atoms with Crippen LogP contribution < -0.4 is 0 Å². The maximum absolute atomic E-state index is 4.84. The van der Waals surface area contributed by atoms with Gasteiger partial charge in [-0.3, -0.25) is 0 Å². The SMILES string of the molecule is [PH]P([PH])P(P)P(P(P)P)P(P(P(P(P)P)P(P)P)P(P(P)P)P(P)P)P(P(P(P(P)P)P(P)P)P(P(P)P)P(P)P)P(P(P(P(P(P)P)P(P)P)P(P(P)P)P(P)P)P(P(P(P)P)P(P)P)P(P(P)P)P(P)P)P(P(P(P(P)P)P(P)P)P(P(P)P)P(P)P)P(P(P(P)P)P(P)P)P(P(P)P)P(P)P. The van der Waals surface area contributed by atoms with Crippen molar-refractivity contribution >= 4 is 830 Å². The Morgan fingerprint density at radius 3 is 0.202 bits per heavy atom. The van der Waals surface area contributed by atoms with Gasteiger partial charge in [-0.15, -0.1) is 455 Å². The van der Waals surface area contributed by atoms with Crippen molar-refractivity contribution in [2.45, 2.75) is 0 Å². The number of hydrogen-bond donors (Lipinski definition) is 0. The molecule has 0 aliphatic heterocycles. The lowest BCUT2D eigenvalue weighted by atomic mass is 28.3. The van der Waals surface area contributed by atoms with Gasteiger partial charge in [0.15, 0.2) is 0 Å². The fraction of sp³-hybridized carbons (Fsp3) is 0. The van der Waals surface area contributed by atoms with Crippen molar-refractivity contribution in [3.63, 3.8) is 0 Å². The summed E-state index contributed by atoms with van der Waals surface area (Å²) in [6.45, 7) is -25.2. The molecule has 0 fully saturated rings. The summed E-state index contributed by atoms with van der Waals surface area (Å²) in [4.78, 5) is 0. The van der Waals surface area contributed by atoms with E-state index in [1.165, 1.54) is 0 Å². The van der Waals surface area contributed by atoms with Crippen molar-refractivity contribution in [2.24, 2.45) is 0 Å². The summed E-state index contributed by atoms with van der Waals surface area (Å²) in [6.07, 6.45) is 0. The van der Waals surface area contributed by atoms with Crippen LogP contribution in [0.3, 0.4) is 0 Å². The normalized spacial score (nSPS) is 15.8. The van der Waals surface area contributed by atoms with Crippen molar-refractivity contribution in [3.05, 3.63) is 0 Å². The Morgan fingerprint density at radius 1 is 0.0865 bits per heavy atom. The number of rotatable bonds is 50. The van der Waals surface area contributed by atoms with E-state index >= 15 is 0 Å². The molecule has 2 radical (unpaired) electrons. The summed E-state index contributed by atoms with van der Waals surface area (Å²) in [5.41, 5.74) is 0. The number of hydrogen-bond acceptors (Lipinski definition) is 0. The second-order valence-electron chi connectivity index (χ2n) is 16.6. The molecular weight excluding hydrogens is 3220 g/mol. The average molecular weight is 3330 g/mol. The van der Waals surface area contributed by atoms with Crippen LogP contribution in [0.5, 0.6) is 0 Å². The maximum Gasteiger partial charge on any atom is -0.000000215 e. The van der Waals surface area contributed by atoms with E-state index in [0.717, 1.165) is 0 Å². The molecular formula is H104P104. The first-order chi connectivity index (χ1) is 47.3. The summed E-state index contributed by atoms with van der Waals surface area (Å²) >= 11 is 0. The zero-order valence-corrected chi connectivity index (χ0v) is 160. The molecule has 0 N–H and O–H groups in total. The minimum absolute atomic E-state index is 0.422. The smallest absolute Gasteiger partial charge is 0.000000215 e. The largest absolute Gasteiger partial charge is 0.102 e. The Hall–Kier alpha value is 44.7. The van der Waals surface area contributed by atoms with Gasteiger partial charge in [0.1, 0.15) is 0 Å². The minimum atomic E-state index is -0.705. The Bertz CT molecular complexity index is 1770. The Balaban J connectivity index is 15.0. The highest BCUT2D eigenvalue weighted by Crippen LogP contribution is 3.55. The van der Waals surface area contributed by atoms with E-state index in [1.807, 2.05) is 0 Å². The van der Waals surface area contributed by atoms with Crippen LogP contribution in [0.1, 0.15) is 0 Å². The highest BCUT2D eigenvalue weighted by Gasteiger charge is 2.68. The van der Waals surface area contributed by atoms with Crippen LogP contribution in [0.2, 0.25) is 0 Å². The van der Waals surface area contributed by atoms with Crippen LogP contribution in [0, 0.1) is 0 Å². The molecule has 0 bridgehead atoms. The van der Waals surface area contributed by atoms with E-state index in [2.05, 4.69) is 455 Å². The van der Waals surface area contributed by atoms with E-state index in [9.17, 15) is 0 Å². The quantitative estimate of drug-likeness (QED) is 0.0533. The highest BCUT2D eigenvalue weighted by atomic mass is 33.7. The van der Waals surface area contributed by atoms with Crippen molar-refractivity contribution in [2.75, 3.05) is 0 Å². The van der Waals surface area contributed by atoms with Crippen LogP contribution in [0.4, 0.5) is 0 Å². The molecule has 0 heterocycles. The topological polar surface area (TPSA) is 0 Å². The van der Waals surface area contributed by atoms with Crippen LogP contribution in [-0.4, -0.2) is 0 Å². The van der Waals surface area contributed by atoms with E-state index in [-0.39, 0.29) is 0 Å². The van der Waals surface area contributed by atoms with E-state index in [0.29, 0.717) is 0 Å². The molecule has 0 aliphatic carbocycles. The summed E-state index contributed by atoms with van der Waals surface area (Å²) in [5, 5.41) is 0. The van der Waals surface area contributed by atoms with Gasteiger partial charge in [0.2, 0.25) is 0 Å². The predicted octanol–water partition coefficient (Wildman–Crippen LogP) is 61.7. The molecule has 0 aromatic heterocycles. The van der Waals surface area contributed by atoms with Crippen LogP contribution in [0.15, 0.2) is 0 Å². The Labute approximate surface area is 816 Å². The maximum atomic E-state index is 4.84. The monoisotopic (exact) mass is 3330 g/mol. The molecule has 104 heavy (non-hydrogen) atoms. The third-order valence-electron chi connectivity index (χ3n) is 9.23. The summed E-state index contributed by atoms with van der Waals surface area (Å²) in [7, 11) is 204. The minimum Gasteiger partial charge on any atom is -0.102 e. The van der Waals surface area contributed by atoms with Crippen molar-refractivity contribution in [3.8, 4) is 0 Å². The fourth-order valence-corrected chi connectivity index (χ4v) is 1550. The lowest BCUT2D eigenvalue weighted by Gasteiger charge is -2.64. The van der Waals surface area contributed by atoms with Gasteiger partial charge in [0.05, 0.1) is 0 Å². The van der Waals surface area contributed by atoms with Crippen molar-refractivity contribution in [1.82, 2.24) is 0 Å². The molecule has 55 atom stereocenters. The molecule has 0 amide bonds. The lowest BCUT2D eigenvalue weighted by molar-refractivity contribution is 4.29. The Morgan fingerprint density at radius 2 is 0.144 bits per heavy atom. The first-order valence-corrected chi connectivity index (χ1v) is 213. The first kappa shape index (κ1) is 149. The third-order valence-corrected chi connectivity index (χ3v) is 748. The zero-order chi connectivity index (χ0) is 82.4. The van der Waals surface area contributed by atoms with Gasteiger partial charge in [-0.05, 0) is 356 Å². The molecule has 0 aromatic carbocycles. The Kier molecular flexibility index (Phi) is 116. The molecule has 0 rings (SSSR count). The van der Waals surface area contributed by atoms with Gasteiger partial charge in [0.25, 0.3) is 0 Å². The highest BCUT2D eigenvalue weighted by molar-refractivity contribution is 9.61. The van der Waals surface area contributed by atoms with Crippen molar-refractivity contribution in [1.29, 1.82) is 0 Å². The van der Waals surface area contributed by atoms with Crippen LogP contribution in [-0.2, 0) is 0 Å². The molecule has 0 aromatic rings. The molecule has 0 aliphatic rings. The van der Waals surface area contributed by atoms with E-state index < -0.39 is 356 Å². The molecule has 55 unspecified atom stereocenters. The van der Waals surface area contributed by atoms with Gasteiger partial charge < -0.3 is 0 Å². The van der Waals surface area contributed by atoms with Gasteiger partial charge in [-0.2, -0.15) is 0 Å². The van der Waals surface area contributed by atoms with Gasteiger partial charge in [0, 0.05) is 0 Å². The lowest BCUT2D eigenvalue weighted by Crippen LogP contribution is -1.77. The molecule has 104 heteroatoms. The molecule has 0 saturated heterocycles. The first-order valence-electron chi connectivity index (χ1n) is 23.6. The summed E-state index contributed by atoms with van der Waals surface area (Å²) < 4.78 is 0. The molecule has 0 spiro atoms. The molecule has 624 valence electrons. The van der Waals surface area contributed by atoms with Gasteiger partial charge >= 0.3 is 0 Å². The molecule has 0 saturated carbocycles. The van der Waals surface area contributed by atoms with Crippen LogP contribution >= 0.6 is 830 Å². The van der Waals surface area contributed by atoms with Crippen LogP contribution in [0.25, 0.3) is 0 Å². The van der Waals surface area contributed by atoms with Gasteiger partial charge in [-0.25, -0.2) is 0 Å². The summed E-state index contributed by atoms with van der Waals surface area (Å²) in [6, 6.07) is 0. The van der Waals surface area contributed by atoms with Gasteiger partial charge in [-0.1, -0.05) is 17.9 Å². The van der Waals surface area contributed by atoms with E-state index in [4.69, 9.17) is 17.9 Å². The third kappa shape index (κ3) is 52.0. The van der Waals surface area contributed by atoms with Crippen molar-refractivity contribution < 1.29 is 0 Å². The summed E-state index contributed by atoms with van der Waals surface area (Å²) in [5.74, 6) is 0. The fourth-order valence-electron chi connectivity index (χ4n) is 6.37. The van der Waals surface area contributed by atoms with E-state index in [1.54, 1.807) is 0 Å². The average Bonchev–Trinajstić information content (AvgIpc) is 3.41. The standard InChI is InChI=1S/H104P104/c1-54(2)80(53)93(79(51)52)100(94(81(55(3)4)56(5)6)82(57(7)8)58(9)10)103(99(91(75(43)44)76(45)46)92(77(47)48)78(49)50)104(101(95(83(59(11)12)60(13)14)84(61(15)16)62(17)18)96(85(63(19)20)64(21)22)86(65(23)24)66(25)26)102(97(87(67(27)28)68(29)30)88(69(31)32)70(33)34)98(89(71(35)36)72(37)38)90(73(39)40)74(41)42/h1-2H,3-53H2. The molecule has 0 nitrogen and oxygen atoms in total. The zero-order valence-electron chi connectivity index (χ0n) is 53.3.